The molecule has 0 saturated carbocycles. The van der Waals surface area contributed by atoms with Crippen molar-refractivity contribution in [2.75, 3.05) is 19.8 Å². The van der Waals surface area contributed by atoms with Gasteiger partial charge in [0.1, 0.15) is 13.2 Å². The van der Waals surface area contributed by atoms with Gasteiger partial charge in [-0.1, -0.05) is 0 Å². The SMILES string of the molecule is NC(=O)c1ncc2c(n1)CN(S(=O)(=O)c1ccc3c(c1)OCCO3)CC2. The van der Waals surface area contributed by atoms with E-state index in [4.69, 9.17) is 15.2 Å². The summed E-state index contributed by atoms with van der Waals surface area (Å²) in [6.45, 7) is 1.16. The van der Waals surface area contributed by atoms with E-state index in [2.05, 4.69) is 9.97 Å². The Morgan fingerprint density at radius 3 is 2.73 bits per heavy atom. The van der Waals surface area contributed by atoms with E-state index < -0.39 is 15.9 Å². The van der Waals surface area contributed by atoms with Crippen LogP contribution < -0.4 is 15.2 Å². The first-order chi connectivity index (χ1) is 12.4. The van der Waals surface area contributed by atoms with Gasteiger partial charge in [-0.3, -0.25) is 4.79 Å². The van der Waals surface area contributed by atoms with E-state index in [9.17, 15) is 13.2 Å². The fourth-order valence-corrected chi connectivity index (χ4v) is 4.35. The molecule has 2 aliphatic heterocycles. The quantitative estimate of drug-likeness (QED) is 0.805. The fourth-order valence-electron chi connectivity index (χ4n) is 2.94. The monoisotopic (exact) mass is 376 g/mol. The van der Waals surface area contributed by atoms with Crippen molar-refractivity contribution in [2.24, 2.45) is 5.73 Å². The van der Waals surface area contributed by atoms with E-state index in [1.807, 2.05) is 0 Å². The number of nitrogens with two attached hydrogens (primary N) is 1. The number of carbonyl (C=O) groups excluding carboxylic acids is 1. The van der Waals surface area contributed by atoms with Gasteiger partial charge in [0.15, 0.2) is 11.5 Å². The fraction of sp³-hybridized carbons (Fsp3) is 0.312. The molecule has 2 aromatic rings. The second kappa shape index (κ2) is 6.22. The van der Waals surface area contributed by atoms with Crippen molar-refractivity contribution in [3.05, 3.63) is 41.5 Å². The van der Waals surface area contributed by atoms with Crippen molar-refractivity contribution in [3.63, 3.8) is 0 Å². The van der Waals surface area contributed by atoms with Crippen LogP contribution in [0.25, 0.3) is 0 Å². The molecular formula is C16H16N4O5S. The smallest absolute Gasteiger partial charge is 0.286 e. The maximum atomic E-state index is 13.0. The summed E-state index contributed by atoms with van der Waals surface area (Å²) in [6.07, 6.45) is 1.98. The Morgan fingerprint density at radius 1 is 1.19 bits per heavy atom. The van der Waals surface area contributed by atoms with Crippen LogP contribution in [0.2, 0.25) is 0 Å². The van der Waals surface area contributed by atoms with Crippen molar-refractivity contribution in [1.82, 2.24) is 14.3 Å². The number of primary amides is 1. The van der Waals surface area contributed by atoms with Crippen LogP contribution >= 0.6 is 0 Å². The topological polar surface area (TPSA) is 125 Å². The number of nitrogens with zero attached hydrogens (tertiary/aromatic N) is 3. The van der Waals surface area contributed by atoms with Gasteiger partial charge in [0.25, 0.3) is 5.91 Å². The minimum absolute atomic E-state index is 0.0505. The molecule has 0 fully saturated rings. The summed E-state index contributed by atoms with van der Waals surface area (Å²) in [5.41, 5.74) is 6.50. The van der Waals surface area contributed by atoms with Crippen LogP contribution in [-0.2, 0) is 23.0 Å². The van der Waals surface area contributed by atoms with Crippen molar-refractivity contribution in [3.8, 4) is 11.5 Å². The van der Waals surface area contributed by atoms with Crippen LogP contribution in [0.15, 0.2) is 29.3 Å². The van der Waals surface area contributed by atoms with Crippen LogP contribution in [-0.4, -0.2) is 48.4 Å². The highest BCUT2D eigenvalue weighted by Gasteiger charge is 2.30. The summed E-state index contributed by atoms with van der Waals surface area (Å²) in [5, 5.41) is 0. The van der Waals surface area contributed by atoms with E-state index in [1.54, 1.807) is 6.07 Å². The molecule has 0 bridgehead atoms. The number of amides is 1. The zero-order valence-corrected chi connectivity index (χ0v) is 14.5. The highest BCUT2D eigenvalue weighted by atomic mass is 32.2. The predicted octanol–water partition coefficient (Wildman–Crippen LogP) is 0.0937. The maximum absolute atomic E-state index is 13.0. The highest BCUT2D eigenvalue weighted by molar-refractivity contribution is 7.89. The minimum atomic E-state index is -3.75. The Morgan fingerprint density at radius 2 is 1.96 bits per heavy atom. The maximum Gasteiger partial charge on any atom is 0.286 e. The molecule has 1 aromatic heterocycles. The minimum Gasteiger partial charge on any atom is -0.486 e. The van der Waals surface area contributed by atoms with E-state index in [1.165, 1.54) is 22.6 Å². The normalized spacial score (nSPS) is 16.8. The van der Waals surface area contributed by atoms with Crippen molar-refractivity contribution < 1.29 is 22.7 Å². The van der Waals surface area contributed by atoms with Crippen LogP contribution in [0, 0.1) is 0 Å². The van der Waals surface area contributed by atoms with Gasteiger partial charge in [0, 0.05) is 18.8 Å². The van der Waals surface area contributed by atoms with Crippen molar-refractivity contribution in [1.29, 1.82) is 0 Å². The molecule has 9 nitrogen and oxygen atoms in total. The van der Waals surface area contributed by atoms with Crippen LogP contribution in [0.1, 0.15) is 21.9 Å². The molecule has 10 heteroatoms. The Balaban J connectivity index is 1.65. The molecule has 2 N–H and O–H groups in total. The summed E-state index contributed by atoms with van der Waals surface area (Å²) in [7, 11) is -3.75. The summed E-state index contributed by atoms with van der Waals surface area (Å²) in [6, 6.07) is 4.55. The molecular weight excluding hydrogens is 360 g/mol. The molecule has 2 aliphatic rings. The van der Waals surface area contributed by atoms with Gasteiger partial charge in [0.05, 0.1) is 17.1 Å². The second-order valence-electron chi connectivity index (χ2n) is 5.92. The van der Waals surface area contributed by atoms with Crippen LogP contribution in [0.4, 0.5) is 0 Å². The van der Waals surface area contributed by atoms with Gasteiger partial charge in [-0.2, -0.15) is 4.31 Å². The lowest BCUT2D eigenvalue weighted by Crippen LogP contribution is -2.37. The lowest BCUT2D eigenvalue weighted by atomic mass is 10.1. The average molecular weight is 376 g/mol. The molecule has 1 aromatic carbocycles. The highest BCUT2D eigenvalue weighted by Crippen LogP contribution is 2.34. The lowest BCUT2D eigenvalue weighted by molar-refractivity contribution is 0.0990. The molecule has 1 amide bonds. The Hall–Kier alpha value is -2.72. The third-order valence-corrected chi connectivity index (χ3v) is 6.12. The number of hydrogen-bond donors (Lipinski definition) is 1. The van der Waals surface area contributed by atoms with Gasteiger partial charge < -0.3 is 15.2 Å². The number of sulfonamides is 1. The Labute approximate surface area is 149 Å². The van der Waals surface area contributed by atoms with Gasteiger partial charge in [-0.05, 0) is 24.1 Å². The summed E-state index contributed by atoms with van der Waals surface area (Å²) >= 11 is 0. The summed E-state index contributed by atoms with van der Waals surface area (Å²) in [5.74, 6) is 0.0630. The number of carbonyl (C=O) groups is 1. The predicted molar refractivity (Wildman–Crippen MR) is 89.3 cm³/mol. The van der Waals surface area contributed by atoms with Crippen LogP contribution in [0.3, 0.4) is 0 Å². The van der Waals surface area contributed by atoms with E-state index in [0.717, 1.165) is 5.56 Å². The molecule has 3 heterocycles. The van der Waals surface area contributed by atoms with Crippen molar-refractivity contribution in [2.45, 2.75) is 17.9 Å². The Bertz CT molecular complexity index is 992. The average Bonchev–Trinajstić information content (AvgIpc) is 2.66. The first-order valence-electron chi connectivity index (χ1n) is 7.99. The van der Waals surface area contributed by atoms with E-state index in [-0.39, 0.29) is 17.3 Å². The number of aromatic nitrogens is 2. The third-order valence-electron chi connectivity index (χ3n) is 4.28. The largest absolute Gasteiger partial charge is 0.486 e. The first-order valence-corrected chi connectivity index (χ1v) is 9.43. The summed E-state index contributed by atoms with van der Waals surface area (Å²) in [4.78, 5) is 19.4. The molecule has 4 rings (SSSR count). The molecule has 0 atom stereocenters. The van der Waals surface area contributed by atoms with Gasteiger partial charge >= 0.3 is 0 Å². The standard InChI is InChI=1S/C16H16N4O5S/c17-15(21)16-18-8-10-3-4-20(9-12(10)19-16)26(22,23)11-1-2-13-14(7-11)25-6-5-24-13/h1-2,7-8H,3-6,9H2,(H2,17,21). The lowest BCUT2D eigenvalue weighted by Gasteiger charge is -2.27. The number of rotatable bonds is 3. The second-order valence-corrected chi connectivity index (χ2v) is 7.86. The summed E-state index contributed by atoms with van der Waals surface area (Å²) < 4.78 is 38.2. The van der Waals surface area contributed by atoms with Gasteiger partial charge in [0.2, 0.25) is 15.8 Å². The number of ether oxygens (including phenoxy) is 2. The zero-order chi connectivity index (χ0) is 18.3. The molecule has 0 unspecified atom stereocenters. The molecule has 26 heavy (non-hydrogen) atoms. The number of benzene rings is 1. The molecule has 0 saturated heterocycles. The Kier molecular flexibility index (Phi) is 4.00. The zero-order valence-electron chi connectivity index (χ0n) is 13.7. The first kappa shape index (κ1) is 16.7. The van der Waals surface area contributed by atoms with Crippen molar-refractivity contribution >= 4 is 15.9 Å². The molecule has 136 valence electrons. The number of hydrogen-bond acceptors (Lipinski definition) is 7. The molecule has 0 spiro atoms. The van der Waals surface area contributed by atoms with Gasteiger partial charge in [-0.25, -0.2) is 18.4 Å². The third kappa shape index (κ3) is 2.86. The number of fused-ring (bicyclic) bond motifs is 2. The van der Waals surface area contributed by atoms with Crippen LogP contribution in [0.5, 0.6) is 11.5 Å². The van der Waals surface area contributed by atoms with E-state index >= 15 is 0 Å². The van der Waals surface area contributed by atoms with E-state index in [0.29, 0.717) is 43.4 Å². The molecule has 0 aliphatic carbocycles. The molecule has 0 radical (unpaired) electrons. The van der Waals surface area contributed by atoms with Gasteiger partial charge in [-0.15, -0.1) is 0 Å².